The van der Waals surface area contributed by atoms with E-state index in [-0.39, 0.29) is 93.4 Å². The summed E-state index contributed by atoms with van der Waals surface area (Å²) in [6.45, 7) is 14.1. The second kappa shape index (κ2) is 31.5. The number of benzene rings is 3. The number of likely N-dealkylation sites (tertiary alicyclic amines) is 1. The molecule has 0 saturated carbocycles. The molecule has 0 radical (unpaired) electrons. The summed E-state index contributed by atoms with van der Waals surface area (Å²) in [4.78, 5) is 128. The number of thiophene rings is 1. The van der Waals surface area contributed by atoms with E-state index in [9.17, 15) is 43.2 Å². The lowest BCUT2D eigenvalue weighted by molar-refractivity contribution is -0.137. The van der Waals surface area contributed by atoms with Gasteiger partial charge in [-0.15, -0.1) is 22.9 Å². The zero-order valence-corrected chi connectivity index (χ0v) is 54.4. The van der Waals surface area contributed by atoms with E-state index in [0.717, 1.165) is 68.1 Å². The number of hydrogen-bond acceptors (Lipinski definition) is 14. The van der Waals surface area contributed by atoms with Crippen molar-refractivity contribution in [1.82, 2.24) is 40.5 Å². The van der Waals surface area contributed by atoms with Crippen LogP contribution in [0.2, 0.25) is 0 Å². The van der Waals surface area contributed by atoms with Crippen LogP contribution in [-0.2, 0) is 40.1 Å². The number of fused-ring (bicyclic) bond motifs is 4. The van der Waals surface area contributed by atoms with Crippen molar-refractivity contribution in [2.24, 2.45) is 17.1 Å². The Bertz CT molecular complexity index is 3520. The Morgan fingerprint density at radius 1 is 0.879 bits per heavy atom. The van der Waals surface area contributed by atoms with Gasteiger partial charge in [0.2, 0.25) is 17.7 Å². The number of halogens is 1. The molecule has 5 heterocycles. The minimum absolute atomic E-state index is 0.0983. The van der Waals surface area contributed by atoms with Crippen molar-refractivity contribution in [2.75, 3.05) is 89.2 Å². The van der Waals surface area contributed by atoms with Gasteiger partial charge in [-0.25, -0.2) is 14.4 Å². The van der Waals surface area contributed by atoms with Crippen LogP contribution < -0.4 is 41.4 Å². The van der Waals surface area contributed by atoms with Gasteiger partial charge < -0.3 is 60.9 Å². The lowest BCUT2D eigenvalue weighted by atomic mass is 9.92. The highest BCUT2D eigenvalue weighted by Gasteiger charge is 2.37. The molecule has 2 aromatic heterocycles. The van der Waals surface area contributed by atoms with E-state index in [2.05, 4.69) is 31.2 Å². The Morgan fingerprint density at radius 2 is 1.59 bits per heavy atom. The molecule has 1 fully saturated rings. The molecule has 7 N–H and O–H groups in total. The molecule has 91 heavy (non-hydrogen) atoms. The number of ether oxygens (including phenoxy) is 3. The first-order valence-corrected chi connectivity index (χ1v) is 32.3. The van der Waals surface area contributed by atoms with Gasteiger partial charge in [-0.2, -0.15) is 0 Å². The Balaban J connectivity index is 0.812. The second-order valence-corrected chi connectivity index (χ2v) is 25.9. The number of anilines is 2. The van der Waals surface area contributed by atoms with E-state index in [0.29, 0.717) is 55.1 Å². The number of aromatic nitrogens is 1. The van der Waals surface area contributed by atoms with Gasteiger partial charge in [0.15, 0.2) is 5.75 Å². The fourth-order valence-electron chi connectivity index (χ4n) is 11.7. The molecule has 8 rings (SSSR count). The topological polar surface area (TPSA) is 287 Å². The molecule has 488 valence electrons. The summed E-state index contributed by atoms with van der Waals surface area (Å²) in [5.41, 5.74) is 9.82. The molecule has 1 saturated heterocycles. The predicted octanol–water partition coefficient (Wildman–Crippen LogP) is 8.77. The number of carbonyl (C=O) groups excluding carboxylic acids is 9. The number of H-pyrrole nitrogens is 1. The molecule has 3 aliphatic rings. The first kappa shape index (κ1) is 68.4. The largest absolute Gasteiger partial charge is 0.492 e. The standard InChI is InChI=1S/C66H84ClN11O12S/c1-41(2)59(73-53(79)15-9-8-10-29-77-54(80)24-25-55(77)81)62(84)72-50(14-13-26-69-63(68)85)61(83)71-46-18-16-43(17-19-46)37-89-64(86)74(6)39-66(4,5)40-75(7)65(87)90-52-34-51-58(57-42(3)38-91-60(52)57)45(35-67)36-78(51)56(82)23-20-47-32-44-33-48(21-22-49(44)70-47)88-31-30-76-27-11-12-28-76/h16-25,32-34,38,41,45,50,59,70H,8-15,26-31,35-37,39-40H2,1-7H3,(H,71,83)(H,72,84)(H,73,79)(H3,68,69,85)/t45-,50+,59+/m1/s1. The molecule has 25 heteroatoms. The van der Waals surface area contributed by atoms with Gasteiger partial charge in [0.1, 0.15) is 31.0 Å². The van der Waals surface area contributed by atoms with E-state index in [1.165, 1.54) is 52.2 Å². The summed E-state index contributed by atoms with van der Waals surface area (Å²) in [6, 6.07) is 13.5. The second-order valence-electron chi connectivity index (χ2n) is 24.7. The lowest BCUT2D eigenvalue weighted by Crippen LogP contribution is -2.54. The number of nitrogens with two attached hydrogens (primary N) is 1. The molecular weight excluding hydrogens is 1210 g/mol. The summed E-state index contributed by atoms with van der Waals surface area (Å²) in [5.74, 6) is -1.59. The van der Waals surface area contributed by atoms with Gasteiger partial charge in [0, 0.05) is 129 Å². The van der Waals surface area contributed by atoms with E-state index >= 15 is 0 Å². The summed E-state index contributed by atoms with van der Waals surface area (Å²) in [7, 11) is 3.23. The number of nitrogens with one attached hydrogen (secondary N) is 5. The number of aryl methyl sites for hydroxylation is 1. The Labute approximate surface area is 539 Å². The minimum Gasteiger partial charge on any atom is -0.492 e. The van der Waals surface area contributed by atoms with Gasteiger partial charge in [0.25, 0.3) is 17.7 Å². The quantitative estimate of drug-likeness (QED) is 0.0109. The first-order chi connectivity index (χ1) is 43.5. The summed E-state index contributed by atoms with van der Waals surface area (Å²) in [5, 5.41) is 14.7. The van der Waals surface area contributed by atoms with Gasteiger partial charge in [0.05, 0.1) is 10.4 Å². The number of unbranched alkanes of at least 4 members (excludes halogenated alkanes) is 2. The van der Waals surface area contributed by atoms with E-state index in [1.807, 2.05) is 50.4 Å². The van der Waals surface area contributed by atoms with E-state index < -0.39 is 47.5 Å². The van der Waals surface area contributed by atoms with Crippen molar-refractivity contribution in [3.05, 3.63) is 101 Å². The van der Waals surface area contributed by atoms with Crippen LogP contribution in [0.3, 0.4) is 0 Å². The number of amides is 10. The fourth-order valence-corrected chi connectivity index (χ4v) is 13.0. The highest BCUT2D eigenvalue weighted by atomic mass is 35.5. The van der Waals surface area contributed by atoms with Gasteiger partial charge in [-0.3, -0.25) is 38.6 Å². The van der Waals surface area contributed by atoms with Crippen LogP contribution in [-0.4, -0.2) is 169 Å². The zero-order valence-electron chi connectivity index (χ0n) is 52.8. The van der Waals surface area contributed by atoms with Crippen molar-refractivity contribution in [2.45, 2.75) is 111 Å². The number of urea groups is 1. The predicted molar refractivity (Wildman–Crippen MR) is 351 cm³/mol. The Kier molecular flexibility index (Phi) is 23.7. The van der Waals surface area contributed by atoms with E-state index in [1.54, 1.807) is 69.3 Å². The molecule has 0 aliphatic carbocycles. The highest BCUT2D eigenvalue weighted by Crippen LogP contribution is 2.49. The zero-order chi connectivity index (χ0) is 65.5. The molecule has 3 atom stereocenters. The highest BCUT2D eigenvalue weighted by molar-refractivity contribution is 7.17. The van der Waals surface area contributed by atoms with Gasteiger partial charge >= 0.3 is 18.2 Å². The number of nitrogens with zero attached hydrogens (tertiary/aromatic N) is 5. The number of rotatable bonds is 30. The van der Waals surface area contributed by atoms with Crippen molar-refractivity contribution in [3.8, 4) is 11.5 Å². The van der Waals surface area contributed by atoms with Crippen LogP contribution in [0.25, 0.3) is 27.1 Å². The third-order valence-electron chi connectivity index (χ3n) is 16.2. The first-order valence-electron chi connectivity index (χ1n) is 30.9. The number of hydrogen-bond donors (Lipinski definition) is 6. The number of aromatic amines is 1. The molecule has 3 aromatic carbocycles. The van der Waals surface area contributed by atoms with Gasteiger partial charge in [-0.1, -0.05) is 46.2 Å². The molecule has 10 amide bonds. The van der Waals surface area contributed by atoms with Crippen LogP contribution in [0, 0.1) is 18.3 Å². The van der Waals surface area contributed by atoms with Crippen molar-refractivity contribution >= 4 is 115 Å². The van der Waals surface area contributed by atoms with Gasteiger partial charge in [-0.05, 0) is 129 Å². The summed E-state index contributed by atoms with van der Waals surface area (Å²) >= 11 is 8.06. The van der Waals surface area contributed by atoms with Crippen LogP contribution in [0.5, 0.6) is 11.5 Å². The smallest absolute Gasteiger partial charge is 0.415 e. The molecular formula is C66H84ClN11O12S. The molecule has 5 aromatic rings. The molecule has 23 nitrogen and oxygen atoms in total. The Morgan fingerprint density at radius 3 is 2.29 bits per heavy atom. The third kappa shape index (κ3) is 18.6. The average Bonchev–Trinajstić information content (AvgIpc) is 1.59. The number of primary amides is 1. The van der Waals surface area contributed by atoms with Crippen LogP contribution in [0.4, 0.5) is 25.8 Å². The Hall–Kier alpha value is -8.48. The molecule has 0 bridgehead atoms. The molecule has 0 unspecified atom stereocenters. The molecule has 0 spiro atoms. The molecule has 3 aliphatic heterocycles. The lowest BCUT2D eigenvalue weighted by Gasteiger charge is -2.33. The average molecular weight is 1290 g/mol. The number of alkyl halides is 1. The fraction of sp³-hybridized carbons (Fsp3) is 0.470. The maximum absolute atomic E-state index is 14.1. The summed E-state index contributed by atoms with van der Waals surface area (Å²) < 4.78 is 18.7. The number of imide groups is 1. The minimum atomic E-state index is -1.07. The maximum atomic E-state index is 14.1. The van der Waals surface area contributed by atoms with Crippen molar-refractivity contribution in [3.63, 3.8) is 0 Å². The SMILES string of the molecule is Cc1csc2c(OC(=O)N(C)CC(C)(C)CN(C)C(=O)OCc3ccc(NC(=O)[C@H](CCCNC(N)=O)NC(=O)[C@@H](NC(=O)CCCCCN4C(=O)C=CC4=O)C(C)C)cc3)cc3c(c12)[C@H](CCl)CN3C(=O)C=Cc1cc2cc(OCCN3CCCC3)ccc2[nH]1. The van der Waals surface area contributed by atoms with E-state index in [4.69, 9.17) is 31.5 Å². The maximum Gasteiger partial charge on any atom is 0.415 e. The monoisotopic (exact) mass is 1290 g/mol. The van der Waals surface area contributed by atoms with Crippen LogP contribution >= 0.6 is 22.9 Å². The normalized spacial score (nSPS) is 15.5. The summed E-state index contributed by atoms with van der Waals surface area (Å²) in [6.07, 6.45) is 9.03. The van der Waals surface area contributed by atoms with Crippen LogP contribution in [0.1, 0.15) is 107 Å². The van der Waals surface area contributed by atoms with Crippen LogP contribution in [0.15, 0.2) is 78.2 Å². The number of carbonyl (C=O) groups is 9. The van der Waals surface area contributed by atoms with Crippen molar-refractivity contribution in [1.29, 1.82) is 0 Å². The van der Waals surface area contributed by atoms with Crippen molar-refractivity contribution < 1.29 is 57.4 Å². The third-order valence-corrected chi connectivity index (χ3v) is 17.7.